The van der Waals surface area contributed by atoms with Crippen LogP contribution in [0, 0.1) is 6.92 Å². The number of sulfonamides is 1. The van der Waals surface area contributed by atoms with Crippen molar-refractivity contribution in [1.29, 1.82) is 0 Å². The molecule has 31 heavy (non-hydrogen) atoms. The minimum absolute atomic E-state index is 0.0395. The molecule has 8 nitrogen and oxygen atoms in total. The Morgan fingerprint density at radius 2 is 1.87 bits per heavy atom. The van der Waals surface area contributed by atoms with Crippen LogP contribution in [0.15, 0.2) is 35.2 Å². The number of carbonyl (C=O) groups excluding carboxylic acids is 1. The Bertz CT molecular complexity index is 1270. The number of aryl methyl sites for hydroxylation is 1. The van der Waals surface area contributed by atoms with E-state index >= 15 is 0 Å². The molecular weight excluding hydrogens is 414 g/mol. The summed E-state index contributed by atoms with van der Waals surface area (Å²) in [6.07, 6.45) is 2.16. The molecule has 0 unspecified atom stereocenters. The lowest BCUT2D eigenvalue weighted by atomic mass is 10.1. The number of nitrogens with two attached hydrogens (primary N) is 1. The van der Waals surface area contributed by atoms with E-state index in [-0.39, 0.29) is 22.9 Å². The van der Waals surface area contributed by atoms with Crippen LogP contribution in [0.2, 0.25) is 0 Å². The molecule has 4 rings (SSSR count). The van der Waals surface area contributed by atoms with Crippen LogP contribution in [-0.4, -0.2) is 29.1 Å². The molecule has 0 aliphatic heterocycles. The van der Waals surface area contributed by atoms with Gasteiger partial charge in [0.2, 0.25) is 10.0 Å². The molecule has 0 spiro atoms. The standard InChI is InChI=1S/C22H27N5O3S/c1-13-19-17(21(28)24-12-14-5-9-16(10-6-14)31(23,29)30)11-18(15-7-8-15)25-20(19)27(26-13)22(2,3)4/h5-6,9-11,15H,7-8,12H2,1-4H3,(H,24,28)(H2,23,29,30). The van der Waals surface area contributed by atoms with E-state index in [2.05, 4.69) is 31.2 Å². The summed E-state index contributed by atoms with van der Waals surface area (Å²) in [5.74, 6) is 0.187. The summed E-state index contributed by atoms with van der Waals surface area (Å²) in [5, 5.41) is 13.5. The van der Waals surface area contributed by atoms with Gasteiger partial charge < -0.3 is 5.32 Å². The van der Waals surface area contributed by atoms with Crippen LogP contribution >= 0.6 is 0 Å². The molecule has 1 aliphatic rings. The van der Waals surface area contributed by atoms with Gasteiger partial charge in [-0.1, -0.05) is 12.1 Å². The number of aromatic nitrogens is 3. The first kappa shape index (κ1) is 21.5. The van der Waals surface area contributed by atoms with E-state index in [1.54, 1.807) is 12.1 Å². The smallest absolute Gasteiger partial charge is 0.252 e. The molecule has 0 saturated heterocycles. The van der Waals surface area contributed by atoms with Gasteiger partial charge in [-0.3, -0.25) is 4.79 Å². The van der Waals surface area contributed by atoms with Gasteiger partial charge in [-0.2, -0.15) is 5.10 Å². The van der Waals surface area contributed by atoms with Crippen molar-refractivity contribution in [1.82, 2.24) is 20.1 Å². The summed E-state index contributed by atoms with van der Waals surface area (Å²) >= 11 is 0. The molecule has 2 heterocycles. The summed E-state index contributed by atoms with van der Waals surface area (Å²) < 4.78 is 24.7. The second kappa shape index (κ2) is 7.42. The molecule has 1 amide bonds. The number of hydrogen-bond acceptors (Lipinski definition) is 5. The predicted octanol–water partition coefficient (Wildman–Crippen LogP) is 2.95. The molecule has 2 aromatic heterocycles. The molecule has 1 fully saturated rings. The third-order valence-electron chi connectivity index (χ3n) is 5.41. The van der Waals surface area contributed by atoms with Crippen LogP contribution in [-0.2, 0) is 22.1 Å². The monoisotopic (exact) mass is 441 g/mol. The zero-order valence-corrected chi connectivity index (χ0v) is 19.0. The third-order valence-corrected chi connectivity index (χ3v) is 6.34. The molecule has 164 valence electrons. The minimum Gasteiger partial charge on any atom is -0.348 e. The van der Waals surface area contributed by atoms with Gasteiger partial charge in [-0.05, 0) is 64.3 Å². The third kappa shape index (κ3) is 4.33. The number of fused-ring (bicyclic) bond motifs is 1. The number of primary sulfonamides is 1. The maximum absolute atomic E-state index is 13.2. The Kier molecular flexibility index (Phi) is 5.13. The van der Waals surface area contributed by atoms with Crippen LogP contribution in [0.3, 0.4) is 0 Å². The fourth-order valence-electron chi connectivity index (χ4n) is 3.62. The van der Waals surface area contributed by atoms with E-state index in [1.807, 2.05) is 17.7 Å². The summed E-state index contributed by atoms with van der Waals surface area (Å²) in [4.78, 5) is 18.1. The Labute approximate surface area is 181 Å². The molecule has 3 N–H and O–H groups in total. The summed E-state index contributed by atoms with van der Waals surface area (Å²) in [6.45, 7) is 8.35. The van der Waals surface area contributed by atoms with Crippen LogP contribution in [0.5, 0.6) is 0 Å². The normalized spacial score (nSPS) is 14.7. The van der Waals surface area contributed by atoms with Crippen molar-refractivity contribution in [2.45, 2.75) is 63.4 Å². The van der Waals surface area contributed by atoms with Gasteiger partial charge in [0.15, 0.2) is 5.65 Å². The Balaban J connectivity index is 1.66. The van der Waals surface area contributed by atoms with E-state index in [4.69, 9.17) is 10.1 Å². The summed E-state index contributed by atoms with van der Waals surface area (Å²) in [5.41, 5.74) is 3.51. The first-order valence-electron chi connectivity index (χ1n) is 10.3. The van der Waals surface area contributed by atoms with Gasteiger partial charge in [-0.25, -0.2) is 23.2 Å². The lowest BCUT2D eigenvalue weighted by molar-refractivity contribution is 0.0952. The lowest BCUT2D eigenvalue weighted by Crippen LogP contribution is -2.25. The lowest BCUT2D eigenvalue weighted by Gasteiger charge is -2.20. The van der Waals surface area contributed by atoms with Crippen molar-refractivity contribution in [3.8, 4) is 0 Å². The van der Waals surface area contributed by atoms with Gasteiger partial charge >= 0.3 is 0 Å². The van der Waals surface area contributed by atoms with Gasteiger partial charge in [0, 0.05) is 18.2 Å². The topological polar surface area (TPSA) is 120 Å². The quantitative estimate of drug-likeness (QED) is 0.631. The second-order valence-corrected chi connectivity index (χ2v) is 10.7. The van der Waals surface area contributed by atoms with Gasteiger partial charge in [-0.15, -0.1) is 0 Å². The molecule has 1 aromatic carbocycles. The number of benzene rings is 1. The van der Waals surface area contributed by atoms with E-state index in [9.17, 15) is 13.2 Å². The van der Waals surface area contributed by atoms with E-state index in [0.29, 0.717) is 11.5 Å². The van der Waals surface area contributed by atoms with E-state index in [0.717, 1.165) is 40.8 Å². The Morgan fingerprint density at radius 3 is 2.42 bits per heavy atom. The maximum Gasteiger partial charge on any atom is 0.252 e. The Hall–Kier alpha value is -2.78. The van der Waals surface area contributed by atoms with E-state index in [1.165, 1.54) is 12.1 Å². The average molecular weight is 442 g/mol. The van der Waals surface area contributed by atoms with Gasteiger partial charge in [0.25, 0.3) is 5.91 Å². The van der Waals surface area contributed by atoms with Crippen molar-refractivity contribution in [2.24, 2.45) is 5.14 Å². The summed E-state index contributed by atoms with van der Waals surface area (Å²) in [7, 11) is -3.74. The van der Waals surface area contributed by atoms with Gasteiger partial charge in [0.1, 0.15) is 0 Å². The molecule has 0 radical (unpaired) electrons. The van der Waals surface area contributed by atoms with Crippen molar-refractivity contribution in [2.75, 3.05) is 0 Å². The fourth-order valence-corrected chi connectivity index (χ4v) is 4.13. The maximum atomic E-state index is 13.2. The number of carbonyl (C=O) groups is 1. The first-order chi connectivity index (χ1) is 14.4. The number of pyridine rings is 1. The minimum atomic E-state index is -3.74. The average Bonchev–Trinajstić information content (AvgIpc) is 3.48. The Morgan fingerprint density at radius 1 is 1.23 bits per heavy atom. The van der Waals surface area contributed by atoms with Crippen LogP contribution in [0.25, 0.3) is 11.0 Å². The SMILES string of the molecule is Cc1nn(C(C)(C)C)c2nc(C3CC3)cc(C(=O)NCc3ccc(S(N)(=O)=O)cc3)c12. The highest BCUT2D eigenvalue weighted by Gasteiger charge is 2.30. The molecule has 1 aliphatic carbocycles. The molecule has 0 atom stereocenters. The number of nitrogens with one attached hydrogen (secondary N) is 1. The van der Waals surface area contributed by atoms with Crippen molar-refractivity contribution in [3.05, 3.63) is 52.8 Å². The zero-order valence-electron chi connectivity index (χ0n) is 18.1. The van der Waals surface area contributed by atoms with Crippen molar-refractivity contribution < 1.29 is 13.2 Å². The van der Waals surface area contributed by atoms with Crippen molar-refractivity contribution >= 4 is 27.0 Å². The largest absolute Gasteiger partial charge is 0.348 e. The van der Waals surface area contributed by atoms with E-state index < -0.39 is 10.0 Å². The van der Waals surface area contributed by atoms with Crippen LogP contribution in [0.4, 0.5) is 0 Å². The molecule has 3 aromatic rings. The highest BCUT2D eigenvalue weighted by atomic mass is 32.2. The predicted molar refractivity (Wildman–Crippen MR) is 118 cm³/mol. The first-order valence-corrected chi connectivity index (χ1v) is 11.8. The number of hydrogen-bond donors (Lipinski definition) is 2. The van der Waals surface area contributed by atoms with Crippen LogP contribution in [0.1, 0.15) is 66.8 Å². The zero-order chi connectivity index (χ0) is 22.6. The fraction of sp³-hybridized carbons (Fsp3) is 0.409. The second-order valence-electron chi connectivity index (χ2n) is 9.11. The van der Waals surface area contributed by atoms with Crippen molar-refractivity contribution in [3.63, 3.8) is 0 Å². The van der Waals surface area contributed by atoms with Gasteiger partial charge in [0.05, 0.1) is 27.1 Å². The summed E-state index contributed by atoms with van der Waals surface area (Å²) in [6, 6.07) is 8.04. The molecule has 1 saturated carbocycles. The number of rotatable bonds is 5. The van der Waals surface area contributed by atoms with Crippen LogP contribution < -0.4 is 10.5 Å². The molecule has 9 heteroatoms. The molecule has 0 bridgehead atoms. The number of nitrogens with zero attached hydrogens (tertiary/aromatic N) is 3. The molecular formula is C22H27N5O3S. The highest BCUT2D eigenvalue weighted by molar-refractivity contribution is 7.89. The number of amides is 1. The highest BCUT2D eigenvalue weighted by Crippen LogP contribution is 2.41.